The van der Waals surface area contributed by atoms with Gasteiger partial charge in [0.25, 0.3) is 5.56 Å². The highest BCUT2D eigenvalue weighted by Crippen LogP contribution is 2.41. The van der Waals surface area contributed by atoms with Crippen LogP contribution in [0.15, 0.2) is 41.3 Å². The van der Waals surface area contributed by atoms with Crippen LogP contribution in [-0.4, -0.2) is 45.6 Å². The predicted octanol–water partition coefficient (Wildman–Crippen LogP) is 8.29. The number of aliphatic carboxylic acids is 1. The first-order valence-corrected chi connectivity index (χ1v) is 18.0. The molecule has 0 spiro atoms. The summed E-state index contributed by atoms with van der Waals surface area (Å²) in [6.07, 6.45) is -0.406. The zero-order valence-electron chi connectivity index (χ0n) is 30.3. The van der Waals surface area contributed by atoms with Gasteiger partial charge in [-0.1, -0.05) is 19.9 Å². The van der Waals surface area contributed by atoms with Gasteiger partial charge in [0.2, 0.25) is 5.91 Å². The highest BCUT2D eigenvalue weighted by molar-refractivity contribution is 5.82. The molecule has 2 atom stereocenters. The van der Waals surface area contributed by atoms with Gasteiger partial charge >= 0.3 is 12.1 Å². The standard InChI is InChI=1S/C40H49F4N3O4/c1-22(2)14-35(47-21-32(33(19-36(47)48)40(42,43)44)26-10-12-46(13-11-26)23(3)4)39(51)45-34(20-37(49)50)28-17-27-8-7-9-30(27)31(18-28)38-24(5)15-29(41)16-25(38)6/h15-19,21-23,26,34-35H,7-14,20H2,1-6H3,(H,45,51)(H,49,50)/t34-,35+/m0/s1. The topological polar surface area (TPSA) is 91.6 Å². The smallest absolute Gasteiger partial charge is 0.416 e. The van der Waals surface area contributed by atoms with Crippen LogP contribution in [-0.2, 0) is 28.6 Å². The molecular formula is C40H49F4N3O4. The van der Waals surface area contributed by atoms with Crippen LogP contribution in [0.2, 0.25) is 0 Å². The number of nitrogens with zero attached hydrogens (tertiary/aromatic N) is 2. The lowest BCUT2D eigenvalue weighted by Gasteiger charge is -2.36. The lowest BCUT2D eigenvalue weighted by atomic mass is 9.86. The molecule has 2 N–H and O–H groups in total. The predicted molar refractivity (Wildman–Crippen MR) is 189 cm³/mol. The SMILES string of the molecule is Cc1cc(F)cc(C)c1-c1cc([C@H](CC(=O)O)NC(=O)[C@@H](CC(C)C)n2cc(C3CCN(C(C)C)CC3)c(C(F)(F)F)cc2=O)cc2c1CCC2. The summed E-state index contributed by atoms with van der Waals surface area (Å²) < 4.78 is 58.5. The molecule has 11 heteroatoms. The Balaban J connectivity index is 1.56. The number of hydrogen-bond donors (Lipinski definition) is 2. The second-order valence-electron chi connectivity index (χ2n) is 15.1. The molecule has 1 aliphatic heterocycles. The van der Waals surface area contributed by atoms with Gasteiger partial charge in [0.05, 0.1) is 18.0 Å². The molecule has 51 heavy (non-hydrogen) atoms. The van der Waals surface area contributed by atoms with Crippen molar-refractivity contribution in [3.63, 3.8) is 0 Å². The Hall–Kier alpha value is -3.99. The molecule has 0 saturated carbocycles. The number of aryl methyl sites for hydroxylation is 3. The van der Waals surface area contributed by atoms with Crippen LogP contribution in [0.4, 0.5) is 17.6 Å². The molecule has 3 aromatic rings. The Kier molecular flexibility index (Phi) is 11.5. The number of amides is 1. The van der Waals surface area contributed by atoms with Crippen molar-refractivity contribution >= 4 is 11.9 Å². The van der Waals surface area contributed by atoms with Gasteiger partial charge in [-0.25, -0.2) is 4.39 Å². The van der Waals surface area contributed by atoms with Crippen molar-refractivity contribution in [2.45, 2.75) is 117 Å². The van der Waals surface area contributed by atoms with Gasteiger partial charge in [-0.15, -0.1) is 0 Å². The Morgan fingerprint density at radius 2 is 1.63 bits per heavy atom. The third kappa shape index (κ3) is 8.56. The van der Waals surface area contributed by atoms with Gasteiger partial charge in [0.1, 0.15) is 11.9 Å². The summed E-state index contributed by atoms with van der Waals surface area (Å²) in [5.41, 5.74) is 3.98. The summed E-state index contributed by atoms with van der Waals surface area (Å²) in [4.78, 5) is 42.2. The van der Waals surface area contributed by atoms with Gasteiger partial charge in [-0.3, -0.25) is 14.4 Å². The van der Waals surface area contributed by atoms with Crippen LogP contribution in [0.3, 0.4) is 0 Å². The molecule has 1 aliphatic carbocycles. The minimum Gasteiger partial charge on any atom is -0.481 e. The maximum Gasteiger partial charge on any atom is 0.416 e. The van der Waals surface area contributed by atoms with Crippen LogP contribution in [0.5, 0.6) is 0 Å². The van der Waals surface area contributed by atoms with E-state index < -0.39 is 53.6 Å². The zero-order chi connectivity index (χ0) is 37.4. The largest absolute Gasteiger partial charge is 0.481 e. The zero-order valence-corrected chi connectivity index (χ0v) is 30.3. The van der Waals surface area contributed by atoms with Crippen molar-refractivity contribution in [3.05, 3.63) is 91.6 Å². The van der Waals surface area contributed by atoms with E-state index in [1.54, 1.807) is 0 Å². The van der Waals surface area contributed by atoms with E-state index in [0.29, 0.717) is 37.6 Å². The van der Waals surface area contributed by atoms with Crippen LogP contribution < -0.4 is 10.9 Å². The monoisotopic (exact) mass is 711 g/mol. The van der Waals surface area contributed by atoms with Crippen LogP contribution in [0.1, 0.15) is 117 Å². The lowest BCUT2D eigenvalue weighted by molar-refractivity contribution is -0.139. The van der Waals surface area contributed by atoms with Gasteiger partial charge < -0.3 is 19.9 Å². The molecule has 2 aromatic carbocycles. The number of halogens is 4. The molecule has 2 heterocycles. The summed E-state index contributed by atoms with van der Waals surface area (Å²) in [5, 5.41) is 12.9. The van der Waals surface area contributed by atoms with E-state index in [4.69, 9.17) is 0 Å². The normalized spacial score (nSPS) is 16.8. The first-order valence-electron chi connectivity index (χ1n) is 18.0. The van der Waals surface area contributed by atoms with Gasteiger partial charge in [-0.05, 0) is 154 Å². The molecule has 7 nitrogen and oxygen atoms in total. The van der Waals surface area contributed by atoms with Gasteiger partial charge in [-0.2, -0.15) is 13.2 Å². The van der Waals surface area contributed by atoms with E-state index >= 15 is 0 Å². The van der Waals surface area contributed by atoms with Crippen molar-refractivity contribution in [3.8, 4) is 11.1 Å². The third-order valence-electron chi connectivity index (χ3n) is 10.6. The number of benzene rings is 2. The number of hydrogen-bond acceptors (Lipinski definition) is 4. The molecule has 1 amide bonds. The number of carbonyl (C=O) groups is 2. The average Bonchev–Trinajstić information content (AvgIpc) is 3.51. The van der Waals surface area contributed by atoms with E-state index in [9.17, 15) is 37.1 Å². The Bertz CT molecular complexity index is 1820. The fourth-order valence-corrected chi connectivity index (χ4v) is 8.08. The van der Waals surface area contributed by atoms with Crippen molar-refractivity contribution < 1.29 is 32.3 Å². The van der Waals surface area contributed by atoms with Crippen LogP contribution in [0.25, 0.3) is 11.1 Å². The molecule has 5 rings (SSSR count). The fraction of sp³-hybridized carbons (Fsp3) is 0.525. The van der Waals surface area contributed by atoms with Crippen molar-refractivity contribution in [2.75, 3.05) is 13.1 Å². The molecule has 2 aliphatic rings. The van der Waals surface area contributed by atoms with Crippen molar-refractivity contribution in [1.29, 1.82) is 0 Å². The maximum absolute atomic E-state index is 14.4. The Morgan fingerprint density at radius 3 is 2.20 bits per heavy atom. The van der Waals surface area contributed by atoms with E-state index in [2.05, 4.69) is 10.2 Å². The summed E-state index contributed by atoms with van der Waals surface area (Å²) in [5.74, 6) is -2.72. The molecule has 1 fully saturated rings. The molecule has 0 radical (unpaired) electrons. The van der Waals surface area contributed by atoms with Crippen LogP contribution >= 0.6 is 0 Å². The lowest BCUT2D eigenvalue weighted by Crippen LogP contribution is -2.41. The number of alkyl halides is 3. The third-order valence-corrected chi connectivity index (χ3v) is 10.6. The van der Waals surface area contributed by atoms with E-state index in [1.807, 2.05) is 53.7 Å². The minimum atomic E-state index is -4.75. The van der Waals surface area contributed by atoms with Crippen molar-refractivity contribution in [2.24, 2.45) is 5.92 Å². The Labute approximate surface area is 297 Å². The number of likely N-dealkylation sites (tertiary alicyclic amines) is 1. The quantitative estimate of drug-likeness (QED) is 0.196. The number of carboxylic acids is 1. The van der Waals surface area contributed by atoms with Crippen LogP contribution in [0, 0.1) is 25.6 Å². The highest BCUT2D eigenvalue weighted by atomic mass is 19.4. The number of pyridine rings is 1. The second kappa shape index (κ2) is 15.3. The molecule has 0 unspecified atom stereocenters. The highest BCUT2D eigenvalue weighted by Gasteiger charge is 2.39. The maximum atomic E-state index is 14.4. The average molecular weight is 712 g/mol. The number of carboxylic acid groups (broad SMARTS) is 1. The molecule has 1 saturated heterocycles. The van der Waals surface area contributed by atoms with E-state index in [1.165, 1.54) is 18.3 Å². The van der Waals surface area contributed by atoms with Gasteiger partial charge in [0, 0.05) is 18.3 Å². The summed E-state index contributed by atoms with van der Waals surface area (Å²) in [6, 6.07) is 5.40. The summed E-state index contributed by atoms with van der Waals surface area (Å²) in [6.45, 7) is 12.7. The number of nitrogens with one attached hydrogen (secondary N) is 1. The van der Waals surface area contributed by atoms with Gasteiger partial charge in [0.15, 0.2) is 0 Å². The first-order chi connectivity index (χ1) is 23.9. The fourth-order valence-electron chi connectivity index (χ4n) is 8.08. The molecule has 276 valence electrons. The Morgan fingerprint density at radius 1 is 0.980 bits per heavy atom. The van der Waals surface area contributed by atoms with Crippen molar-refractivity contribution in [1.82, 2.24) is 14.8 Å². The van der Waals surface area contributed by atoms with E-state index in [-0.39, 0.29) is 29.8 Å². The van der Waals surface area contributed by atoms with E-state index in [0.717, 1.165) is 57.2 Å². The summed E-state index contributed by atoms with van der Waals surface area (Å²) >= 11 is 0. The number of fused-ring (bicyclic) bond motifs is 1. The first kappa shape index (κ1) is 38.2. The number of aromatic nitrogens is 1. The molecular weight excluding hydrogens is 662 g/mol. The number of rotatable bonds is 11. The number of piperidine rings is 1. The number of carbonyl (C=O) groups excluding carboxylic acids is 1. The minimum absolute atomic E-state index is 0.00227. The summed E-state index contributed by atoms with van der Waals surface area (Å²) in [7, 11) is 0. The molecule has 1 aromatic heterocycles. The molecule has 0 bridgehead atoms. The second-order valence-corrected chi connectivity index (χ2v) is 15.1.